The van der Waals surface area contributed by atoms with E-state index in [4.69, 9.17) is 17.2 Å². The van der Waals surface area contributed by atoms with Crippen molar-refractivity contribution in [3.05, 3.63) is 0 Å². The fourth-order valence-corrected chi connectivity index (χ4v) is 3.51. The second-order valence-electron chi connectivity index (χ2n) is 8.27. The van der Waals surface area contributed by atoms with Gasteiger partial charge in [-0.05, 0) is 37.2 Å². The monoisotopic (exact) mass is 533 g/mol. The van der Waals surface area contributed by atoms with E-state index >= 15 is 0 Å². The number of aliphatic imine (C=N–C) groups is 1. The zero-order valence-electron chi connectivity index (χ0n) is 20.9. The maximum Gasteiger partial charge on any atom is 0.326 e. The summed E-state index contributed by atoms with van der Waals surface area (Å²) in [6.07, 6.45) is 2.14. The lowest BCUT2D eigenvalue weighted by Gasteiger charge is -2.27. The lowest BCUT2D eigenvalue weighted by atomic mass is 9.97. The maximum absolute atomic E-state index is 13.0. The molecule has 0 aliphatic heterocycles. The van der Waals surface area contributed by atoms with Gasteiger partial charge in [-0.1, -0.05) is 20.3 Å². The minimum atomic E-state index is -1.58. The van der Waals surface area contributed by atoms with Crippen molar-refractivity contribution in [1.29, 1.82) is 0 Å². The normalized spacial score (nSPS) is 14.9. The molecule has 0 heterocycles. The summed E-state index contributed by atoms with van der Waals surface area (Å²) in [5.74, 6) is -4.94. The molecule has 0 fully saturated rings. The molecule has 0 bridgehead atoms. The number of carbonyl (C=O) groups is 5. The van der Waals surface area contributed by atoms with Crippen LogP contribution in [0.2, 0.25) is 0 Å². The number of carboxylic acids is 2. The number of rotatable bonds is 18. The minimum absolute atomic E-state index is 0.0366. The molecule has 0 spiro atoms. The van der Waals surface area contributed by atoms with Crippen LogP contribution in [-0.2, 0) is 24.0 Å². The van der Waals surface area contributed by atoms with Crippen LogP contribution in [0.1, 0.15) is 46.0 Å². The van der Waals surface area contributed by atoms with Gasteiger partial charge in [0.25, 0.3) is 0 Å². The van der Waals surface area contributed by atoms with E-state index in [9.17, 15) is 34.2 Å². The molecule has 0 saturated heterocycles. The van der Waals surface area contributed by atoms with Crippen LogP contribution >= 0.6 is 11.8 Å². The highest BCUT2D eigenvalue weighted by Gasteiger charge is 2.33. The minimum Gasteiger partial charge on any atom is -0.481 e. The van der Waals surface area contributed by atoms with Gasteiger partial charge in [-0.15, -0.1) is 0 Å². The summed E-state index contributed by atoms with van der Waals surface area (Å²) in [4.78, 5) is 64.9. The van der Waals surface area contributed by atoms with Gasteiger partial charge in [0.1, 0.15) is 18.1 Å². The van der Waals surface area contributed by atoms with Gasteiger partial charge in [-0.25, -0.2) is 4.79 Å². The predicted octanol–water partition coefficient (Wildman–Crippen LogP) is -1.82. The van der Waals surface area contributed by atoms with Crippen LogP contribution < -0.4 is 33.2 Å². The van der Waals surface area contributed by atoms with Crippen molar-refractivity contribution in [1.82, 2.24) is 16.0 Å². The molecule has 5 atom stereocenters. The highest BCUT2D eigenvalue weighted by molar-refractivity contribution is 7.98. The molecule has 206 valence electrons. The van der Waals surface area contributed by atoms with Gasteiger partial charge < -0.3 is 43.4 Å². The largest absolute Gasteiger partial charge is 0.481 e. The molecule has 0 aromatic carbocycles. The van der Waals surface area contributed by atoms with Crippen molar-refractivity contribution >= 4 is 47.4 Å². The van der Waals surface area contributed by atoms with E-state index < -0.39 is 60.2 Å². The van der Waals surface area contributed by atoms with Crippen LogP contribution in [0.3, 0.4) is 0 Å². The Labute approximate surface area is 214 Å². The first-order valence-electron chi connectivity index (χ1n) is 11.5. The number of hydrogen-bond acceptors (Lipinski definition) is 8. The molecule has 0 aromatic heterocycles. The fraction of sp³-hybridized carbons (Fsp3) is 0.714. The van der Waals surface area contributed by atoms with Gasteiger partial charge in [0.05, 0.1) is 12.5 Å². The summed E-state index contributed by atoms with van der Waals surface area (Å²) in [7, 11) is 0. The number of carbonyl (C=O) groups excluding carboxylic acids is 3. The van der Waals surface area contributed by atoms with Crippen LogP contribution in [0.15, 0.2) is 4.99 Å². The Hall–Kier alpha value is -3.07. The lowest BCUT2D eigenvalue weighted by molar-refractivity contribution is -0.144. The van der Waals surface area contributed by atoms with Gasteiger partial charge in [-0.2, -0.15) is 11.8 Å². The van der Waals surface area contributed by atoms with E-state index in [1.807, 2.05) is 6.26 Å². The number of amides is 3. The Balaban J connectivity index is 5.49. The Bertz CT molecular complexity index is 793. The van der Waals surface area contributed by atoms with Crippen molar-refractivity contribution in [2.75, 3.05) is 18.6 Å². The first-order valence-corrected chi connectivity index (χ1v) is 12.9. The van der Waals surface area contributed by atoms with E-state index in [0.717, 1.165) is 0 Å². The highest BCUT2D eigenvalue weighted by atomic mass is 32.2. The molecule has 0 rings (SSSR count). The zero-order chi connectivity index (χ0) is 27.8. The van der Waals surface area contributed by atoms with E-state index in [2.05, 4.69) is 20.9 Å². The summed E-state index contributed by atoms with van der Waals surface area (Å²) in [6.45, 7) is 3.64. The van der Waals surface area contributed by atoms with Gasteiger partial charge in [-0.3, -0.25) is 24.2 Å². The first-order chi connectivity index (χ1) is 16.8. The molecule has 0 aromatic rings. The van der Waals surface area contributed by atoms with Crippen molar-refractivity contribution in [2.45, 2.75) is 70.1 Å². The maximum atomic E-state index is 13.0. The molecule has 0 radical (unpaired) electrons. The van der Waals surface area contributed by atoms with Gasteiger partial charge in [0.15, 0.2) is 5.96 Å². The molecule has 15 heteroatoms. The molecule has 5 unspecified atom stereocenters. The Kier molecular flexibility index (Phi) is 15.9. The van der Waals surface area contributed by atoms with E-state index in [1.165, 1.54) is 11.8 Å². The Morgan fingerprint density at radius 1 is 0.944 bits per heavy atom. The number of nitrogens with two attached hydrogens (primary N) is 3. The number of thioether (sulfide) groups is 1. The summed E-state index contributed by atoms with van der Waals surface area (Å²) < 4.78 is 0. The number of hydrogen-bond donors (Lipinski definition) is 8. The van der Waals surface area contributed by atoms with Crippen LogP contribution in [0, 0.1) is 5.92 Å². The van der Waals surface area contributed by atoms with Crippen molar-refractivity contribution in [2.24, 2.45) is 28.1 Å². The molecule has 0 aliphatic rings. The molecule has 0 saturated carbocycles. The number of aliphatic carboxylic acids is 2. The van der Waals surface area contributed by atoms with Crippen molar-refractivity contribution in [3.63, 3.8) is 0 Å². The molecule has 0 aliphatic carbocycles. The van der Waals surface area contributed by atoms with Crippen LogP contribution in [0.4, 0.5) is 0 Å². The third-order valence-electron chi connectivity index (χ3n) is 5.33. The third kappa shape index (κ3) is 13.1. The summed E-state index contributed by atoms with van der Waals surface area (Å²) in [5.41, 5.74) is 16.3. The lowest BCUT2D eigenvalue weighted by Crippen LogP contribution is -2.59. The first kappa shape index (κ1) is 32.9. The molecule has 36 heavy (non-hydrogen) atoms. The zero-order valence-corrected chi connectivity index (χ0v) is 21.7. The topological polar surface area (TPSA) is 252 Å². The Morgan fingerprint density at radius 2 is 1.56 bits per heavy atom. The quantitative estimate of drug-likeness (QED) is 0.0553. The summed E-state index contributed by atoms with van der Waals surface area (Å²) in [5, 5.41) is 25.8. The summed E-state index contributed by atoms with van der Waals surface area (Å²) in [6, 6.07) is -4.87. The molecule has 14 nitrogen and oxygen atoms in total. The van der Waals surface area contributed by atoms with E-state index in [-0.39, 0.29) is 31.3 Å². The van der Waals surface area contributed by atoms with Crippen LogP contribution in [0.25, 0.3) is 0 Å². The highest BCUT2D eigenvalue weighted by Crippen LogP contribution is 2.10. The van der Waals surface area contributed by atoms with Gasteiger partial charge in [0, 0.05) is 6.54 Å². The van der Waals surface area contributed by atoms with Crippen LogP contribution in [0.5, 0.6) is 0 Å². The van der Waals surface area contributed by atoms with E-state index in [1.54, 1.807) is 13.8 Å². The molecular weight excluding hydrogens is 494 g/mol. The SMILES string of the molecule is CCC(C)C(NC(=O)C(N)CCSC)C(=O)NC(CC(=O)O)C(=O)NC(CCCN=C(N)N)C(=O)O. The standard InChI is InChI=1S/C21H39N7O7S/c1-4-11(2)16(28-17(31)12(22)7-9-36-3)19(33)27-14(10-15(29)30)18(32)26-13(20(34)35)6-5-8-25-21(23)24/h11-14,16H,4-10,22H2,1-3H3,(H,26,32)(H,27,33)(H,28,31)(H,29,30)(H,34,35)(H4,23,24,25). The van der Waals surface area contributed by atoms with Crippen molar-refractivity contribution < 1.29 is 34.2 Å². The van der Waals surface area contributed by atoms with Crippen molar-refractivity contribution in [3.8, 4) is 0 Å². The number of nitrogens with one attached hydrogen (secondary N) is 3. The van der Waals surface area contributed by atoms with Gasteiger partial charge in [0.2, 0.25) is 17.7 Å². The predicted molar refractivity (Wildman–Crippen MR) is 136 cm³/mol. The third-order valence-corrected chi connectivity index (χ3v) is 5.98. The number of carboxylic acid groups (broad SMARTS) is 2. The smallest absolute Gasteiger partial charge is 0.326 e. The second kappa shape index (κ2) is 17.4. The second-order valence-corrected chi connectivity index (χ2v) is 9.25. The average Bonchev–Trinajstić information content (AvgIpc) is 2.80. The Morgan fingerprint density at radius 3 is 2.06 bits per heavy atom. The summed E-state index contributed by atoms with van der Waals surface area (Å²) >= 11 is 1.52. The van der Waals surface area contributed by atoms with Gasteiger partial charge >= 0.3 is 11.9 Å². The number of nitrogens with zero attached hydrogens (tertiary/aromatic N) is 1. The fourth-order valence-electron chi connectivity index (χ4n) is 3.02. The van der Waals surface area contributed by atoms with E-state index in [0.29, 0.717) is 18.6 Å². The van der Waals surface area contributed by atoms with Crippen LogP contribution in [-0.4, -0.2) is 88.6 Å². The molecule has 11 N–H and O–H groups in total. The number of guanidine groups is 1. The molecular formula is C21H39N7O7S. The molecule has 3 amide bonds. The average molecular weight is 534 g/mol.